The first-order valence-corrected chi connectivity index (χ1v) is 9.42. The Labute approximate surface area is 151 Å². The van der Waals surface area contributed by atoms with Crippen molar-refractivity contribution < 1.29 is 18.0 Å². The van der Waals surface area contributed by atoms with Gasteiger partial charge in [0.1, 0.15) is 0 Å². The van der Waals surface area contributed by atoms with Crippen molar-refractivity contribution in [2.24, 2.45) is 17.8 Å². The number of carbonyl (C=O) groups is 1. The number of carbonyl (C=O) groups excluding carboxylic acids is 1. The van der Waals surface area contributed by atoms with Gasteiger partial charge in [0.05, 0.1) is 12.1 Å². The molecule has 4 saturated carbocycles. The second kappa shape index (κ2) is 6.25. The summed E-state index contributed by atoms with van der Waals surface area (Å²) in [5, 5.41) is 2.64. The third kappa shape index (κ3) is 3.36. The SMILES string of the molecule is CN(CC(=O)Nc1cccc(C(F)(F)F)c1)C12CC3CC(CC(C3)C1)C2. The molecule has 4 aliphatic carbocycles. The molecule has 142 valence electrons. The number of alkyl halides is 3. The molecule has 1 aromatic rings. The Morgan fingerprint density at radius 1 is 1.15 bits per heavy atom. The molecule has 26 heavy (non-hydrogen) atoms. The number of nitrogens with zero attached hydrogens (tertiary/aromatic N) is 1. The lowest BCUT2D eigenvalue weighted by atomic mass is 9.52. The molecule has 0 radical (unpaired) electrons. The van der Waals surface area contributed by atoms with E-state index in [9.17, 15) is 18.0 Å². The first-order valence-electron chi connectivity index (χ1n) is 9.42. The van der Waals surface area contributed by atoms with Crippen LogP contribution in [0.3, 0.4) is 0 Å². The van der Waals surface area contributed by atoms with E-state index in [2.05, 4.69) is 10.2 Å². The van der Waals surface area contributed by atoms with Gasteiger partial charge in [-0.2, -0.15) is 13.2 Å². The molecule has 6 heteroatoms. The minimum atomic E-state index is -4.41. The van der Waals surface area contributed by atoms with E-state index in [4.69, 9.17) is 0 Å². The summed E-state index contributed by atoms with van der Waals surface area (Å²) < 4.78 is 38.5. The fraction of sp³-hybridized carbons (Fsp3) is 0.650. The second-order valence-electron chi connectivity index (χ2n) is 8.62. The number of benzene rings is 1. The van der Waals surface area contributed by atoms with Gasteiger partial charge in [0.15, 0.2) is 0 Å². The highest BCUT2D eigenvalue weighted by Crippen LogP contribution is 2.57. The van der Waals surface area contributed by atoms with Crippen LogP contribution in [0, 0.1) is 17.8 Å². The van der Waals surface area contributed by atoms with Gasteiger partial charge in [0.2, 0.25) is 5.91 Å². The van der Waals surface area contributed by atoms with Gasteiger partial charge >= 0.3 is 6.18 Å². The molecule has 4 bridgehead atoms. The minimum absolute atomic E-state index is 0.111. The molecule has 0 heterocycles. The number of nitrogens with one attached hydrogen (secondary N) is 1. The highest BCUT2D eigenvalue weighted by molar-refractivity contribution is 5.92. The van der Waals surface area contributed by atoms with E-state index < -0.39 is 11.7 Å². The molecular formula is C20H25F3N2O. The van der Waals surface area contributed by atoms with Crippen LogP contribution < -0.4 is 5.32 Å². The van der Waals surface area contributed by atoms with Crippen molar-refractivity contribution in [2.45, 2.75) is 50.2 Å². The standard InChI is InChI=1S/C20H25F3N2O/c1-25(19-9-13-5-14(10-19)7-15(6-13)11-19)12-18(26)24-17-4-2-3-16(8-17)20(21,22)23/h2-4,8,13-15H,5-7,9-12H2,1H3,(H,24,26). The zero-order chi connectivity index (χ0) is 18.5. The molecule has 1 amide bonds. The summed E-state index contributed by atoms with van der Waals surface area (Å²) in [7, 11) is 2.00. The average molecular weight is 366 g/mol. The Hall–Kier alpha value is -1.56. The molecule has 5 rings (SSSR count). The molecule has 0 saturated heterocycles. The number of hydrogen-bond acceptors (Lipinski definition) is 2. The fourth-order valence-electron chi connectivity index (χ4n) is 5.89. The van der Waals surface area contributed by atoms with Crippen LogP contribution in [0.2, 0.25) is 0 Å². The van der Waals surface area contributed by atoms with Gasteiger partial charge in [-0.1, -0.05) is 6.07 Å². The molecular weight excluding hydrogens is 341 g/mol. The Morgan fingerprint density at radius 2 is 1.73 bits per heavy atom. The molecule has 0 aliphatic heterocycles. The normalized spacial score (nSPS) is 32.9. The predicted molar refractivity (Wildman–Crippen MR) is 93.6 cm³/mol. The van der Waals surface area contributed by atoms with Crippen molar-refractivity contribution in [3.63, 3.8) is 0 Å². The van der Waals surface area contributed by atoms with Gasteiger partial charge in [-0.15, -0.1) is 0 Å². The molecule has 3 nitrogen and oxygen atoms in total. The minimum Gasteiger partial charge on any atom is -0.325 e. The van der Waals surface area contributed by atoms with E-state index in [1.807, 2.05) is 7.05 Å². The molecule has 4 fully saturated rings. The number of anilines is 1. The van der Waals surface area contributed by atoms with Crippen LogP contribution in [0.4, 0.5) is 18.9 Å². The van der Waals surface area contributed by atoms with Crippen molar-refractivity contribution in [3.05, 3.63) is 29.8 Å². The first-order chi connectivity index (χ1) is 12.2. The molecule has 1 N–H and O–H groups in total. The topological polar surface area (TPSA) is 32.3 Å². The summed E-state index contributed by atoms with van der Waals surface area (Å²) >= 11 is 0. The van der Waals surface area contributed by atoms with Gasteiger partial charge in [-0.25, -0.2) is 0 Å². The van der Waals surface area contributed by atoms with E-state index in [1.165, 1.54) is 31.4 Å². The summed E-state index contributed by atoms with van der Waals surface area (Å²) in [5.41, 5.74) is -0.437. The van der Waals surface area contributed by atoms with Crippen molar-refractivity contribution in [3.8, 4) is 0 Å². The molecule has 0 unspecified atom stereocenters. The summed E-state index contributed by atoms with van der Waals surface area (Å²) in [4.78, 5) is 14.6. The van der Waals surface area contributed by atoms with E-state index in [-0.39, 0.29) is 23.7 Å². The van der Waals surface area contributed by atoms with Gasteiger partial charge in [-0.3, -0.25) is 9.69 Å². The van der Waals surface area contributed by atoms with Gasteiger partial charge in [0, 0.05) is 11.2 Å². The first kappa shape index (κ1) is 17.8. The summed E-state index contributed by atoms with van der Waals surface area (Å²) in [5.74, 6) is 2.11. The van der Waals surface area contributed by atoms with E-state index in [0.29, 0.717) is 0 Å². The lowest BCUT2D eigenvalue weighted by Crippen LogP contribution is -2.59. The summed E-state index contributed by atoms with van der Waals surface area (Å²) in [6, 6.07) is 4.82. The number of amides is 1. The van der Waals surface area contributed by atoms with Crippen molar-refractivity contribution in [2.75, 3.05) is 18.9 Å². The smallest absolute Gasteiger partial charge is 0.325 e. The zero-order valence-corrected chi connectivity index (χ0v) is 15.0. The van der Waals surface area contributed by atoms with Crippen LogP contribution >= 0.6 is 0 Å². The third-order valence-corrected chi connectivity index (χ3v) is 6.67. The van der Waals surface area contributed by atoms with Gasteiger partial charge < -0.3 is 5.32 Å². The Kier molecular flexibility index (Phi) is 4.29. The number of rotatable bonds is 4. The van der Waals surface area contributed by atoms with Crippen LogP contribution in [0.15, 0.2) is 24.3 Å². The number of hydrogen-bond donors (Lipinski definition) is 1. The monoisotopic (exact) mass is 366 g/mol. The highest BCUT2D eigenvalue weighted by Gasteiger charge is 2.52. The predicted octanol–water partition coefficient (Wildman–Crippen LogP) is 4.54. The van der Waals surface area contributed by atoms with Crippen LogP contribution in [-0.4, -0.2) is 29.9 Å². The van der Waals surface area contributed by atoms with E-state index in [1.54, 1.807) is 0 Å². The van der Waals surface area contributed by atoms with E-state index in [0.717, 1.165) is 49.1 Å². The maximum Gasteiger partial charge on any atom is 0.416 e. The second-order valence-corrected chi connectivity index (χ2v) is 8.62. The Morgan fingerprint density at radius 3 is 2.27 bits per heavy atom. The number of halogens is 3. The average Bonchev–Trinajstić information content (AvgIpc) is 2.52. The maximum absolute atomic E-state index is 12.8. The van der Waals surface area contributed by atoms with Crippen molar-refractivity contribution in [1.82, 2.24) is 4.90 Å². The lowest BCUT2D eigenvalue weighted by molar-refractivity contribution is -0.137. The third-order valence-electron chi connectivity index (χ3n) is 6.67. The highest BCUT2D eigenvalue weighted by atomic mass is 19.4. The quantitative estimate of drug-likeness (QED) is 0.848. The van der Waals surface area contributed by atoms with Crippen molar-refractivity contribution >= 4 is 11.6 Å². The molecule has 1 aromatic carbocycles. The van der Waals surface area contributed by atoms with Gasteiger partial charge in [-0.05, 0) is 81.5 Å². The van der Waals surface area contributed by atoms with Gasteiger partial charge in [0.25, 0.3) is 0 Å². The zero-order valence-electron chi connectivity index (χ0n) is 15.0. The summed E-state index contributed by atoms with van der Waals surface area (Å²) in [6.45, 7) is 0.225. The van der Waals surface area contributed by atoms with Crippen LogP contribution in [0.1, 0.15) is 44.1 Å². The molecule has 4 aliphatic rings. The molecule has 0 aromatic heterocycles. The number of likely N-dealkylation sites (N-methyl/N-ethyl adjacent to an activating group) is 1. The Bertz CT molecular complexity index is 665. The largest absolute Gasteiger partial charge is 0.416 e. The fourth-order valence-corrected chi connectivity index (χ4v) is 5.89. The van der Waals surface area contributed by atoms with Crippen molar-refractivity contribution in [1.29, 1.82) is 0 Å². The summed E-state index contributed by atoms with van der Waals surface area (Å²) in [6.07, 6.45) is 3.08. The molecule has 0 atom stereocenters. The van der Waals surface area contributed by atoms with E-state index >= 15 is 0 Å². The van der Waals surface area contributed by atoms with Crippen LogP contribution in [0.25, 0.3) is 0 Å². The van der Waals surface area contributed by atoms with Crippen LogP contribution in [-0.2, 0) is 11.0 Å². The maximum atomic E-state index is 12.8. The lowest BCUT2D eigenvalue weighted by Gasteiger charge is -2.59. The molecule has 0 spiro atoms. The Balaban J connectivity index is 1.41. The van der Waals surface area contributed by atoms with Crippen LogP contribution in [0.5, 0.6) is 0 Å².